The molecule has 1 amide bonds. The topological polar surface area (TPSA) is 56.1 Å². The van der Waals surface area contributed by atoms with Gasteiger partial charge >= 0.3 is 6.61 Å². The molecule has 0 aliphatic heterocycles. The van der Waals surface area contributed by atoms with Crippen LogP contribution in [-0.2, 0) is 0 Å². The summed E-state index contributed by atoms with van der Waals surface area (Å²) >= 11 is 0. The lowest BCUT2D eigenvalue weighted by molar-refractivity contribution is -0.0498. The number of carbonyl (C=O) groups is 1. The fraction of sp³-hybridized carbons (Fsp3) is 0.200. The normalized spacial score (nSPS) is 12.0. The van der Waals surface area contributed by atoms with Crippen molar-refractivity contribution in [2.24, 2.45) is 0 Å². The van der Waals surface area contributed by atoms with E-state index in [0.29, 0.717) is 0 Å². The second-order valence-corrected chi connectivity index (χ2v) is 6.12. The highest BCUT2D eigenvalue weighted by Gasteiger charge is 2.14. The molecule has 0 bridgehead atoms. The molecule has 0 unspecified atom stereocenters. The molecule has 3 aromatic rings. The van der Waals surface area contributed by atoms with E-state index in [1.54, 1.807) is 18.6 Å². The van der Waals surface area contributed by atoms with Gasteiger partial charge in [0.05, 0.1) is 12.4 Å². The van der Waals surface area contributed by atoms with Crippen LogP contribution in [0.1, 0.15) is 34.5 Å². The number of halogens is 2. The quantitative estimate of drug-likeness (QED) is 0.704. The van der Waals surface area contributed by atoms with Gasteiger partial charge in [0.15, 0.2) is 0 Å². The number of nitrogens with one attached hydrogen (secondary N) is 1. The molecule has 140 valence electrons. The highest BCUT2D eigenvalue weighted by atomic mass is 19.3. The van der Waals surface area contributed by atoms with E-state index >= 15 is 0 Å². The van der Waals surface area contributed by atoms with Crippen LogP contribution in [0.25, 0.3) is 5.69 Å². The Kier molecular flexibility index (Phi) is 5.49. The zero-order valence-electron chi connectivity index (χ0n) is 14.9. The largest absolute Gasteiger partial charge is 0.435 e. The summed E-state index contributed by atoms with van der Waals surface area (Å²) in [5.41, 5.74) is 3.21. The summed E-state index contributed by atoms with van der Waals surface area (Å²) in [7, 11) is 0. The van der Waals surface area contributed by atoms with Gasteiger partial charge in [-0.1, -0.05) is 18.2 Å². The van der Waals surface area contributed by atoms with Gasteiger partial charge in [-0.3, -0.25) is 4.79 Å². The summed E-state index contributed by atoms with van der Waals surface area (Å²) in [6.45, 7) is 0.924. The van der Waals surface area contributed by atoms with E-state index in [2.05, 4.69) is 15.0 Å². The monoisotopic (exact) mass is 371 g/mol. The fourth-order valence-electron chi connectivity index (χ4n) is 2.75. The van der Waals surface area contributed by atoms with Crippen molar-refractivity contribution >= 4 is 5.91 Å². The van der Waals surface area contributed by atoms with E-state index in [0.717, 1.165) is 16.8 Å². The van der Waals surface area contributed by atoms with Crippen molar-refractivity contribution in [3.05, 3.63) is 77.9 Å². The van der Waals surface area contributed by atoms with Gasteiger partial charge in [0, 0.05) is 23.6 Å². The number of alkyl halides is 2. The Morgan fingerprint density at radius 3 is 2.74 bits per heavy atom. The van der Waals surface area contributed by atoms with Crippen LogP contribution in [0.4, 0.5) is 8.78 Å². The Balaban J connectivity index is 1.76. The predicted molar refractivity (Wildman–Crippen MR) is 97.3 cm³/mol. The van der Waals surface area contributed by atoms with Gasteiger partial charge in [-0.25, -0.2) is 4.98 Å². The molecule has 1 heterocycles. The van der Waals surface area contributed by atoms with Crippen molar-refractivity contribution in [3.8, 4) is 11.4 Å². The fourth-order valence-corrected chi connectivity index (χ4v) is 2.75. The number of aryl methyl sites for hydroxylation is 1. The minimum atomic E-state index is -2.93. The lowest BCUT2D eigenvalue weighted by atomic mass is 10.0. The summed E-state index contributed by atoms with van der Waals surface area (Å²) < 4.78 is 30.9. The number of benzene rings is 2. The van der Waals surface area contributed by atoms with Crippen molar-refractivity contribution in [1.29, 1.82) is 0 Å². The van der Waals surface area contributed by atoms with Crippen LogP contribution in [0.15, 0.2) is 61.2 Å². The number of imidazole rings is 1. The zero-order valence-corrected chi connectivity index (χ0v) is 14.9. The lowest BCUT2D eigenvalue weighted by Crippen LogP contribution is -2.26. The summed E-state index contributed by atoms with van der Waals surface area (Å²) in [4.78, 5) is 16.5. The third-order valence-corrected chi connectivity index (χ3v) is 4.18. The molecular weight excluding hydrogens is 352 g/mol. The average molecular weight is 371 g/mol. The van der Waals surface area contributed by atoms with Gasteiger partial charge in [-0.2, -0.15) is 8.78 Å². The Morgan fingerprint density at radius 2 is 2.04 bits per heavy atom. The molecule has 2 aromatic carbocycles. The molecule has 1 atom stereocenters. The second-order valence-electron chi connectivity index (χ2n) is 6.12. The van der Waals surface area contributed by atoms with Crippen LogP contribution in [-0.4, -0.2) is 22.1 Å². The van der Waals surface area contributed by atoms with Crippen LogP contribution in [0.2, 0.25) is 0 Å². The van der Waals surface area contributed by atoms with Gasteiger partial charge in [0.1, 0.15) is 5.75 Å². The van der Waals surface area contributed by atoms with Crippen molar-refractivity contribution in [2.75, 3.05) is 0 Å². The van der Waals surface area contributed by atoms with E-state index in [4.69, 9.17) is 0 Å². The summed E-state index contributed by atoms with van der Waals surface area (Å²) in [6.07, 6.45) is 5.26. The van der Waals surface area contributed by atoms with Gasteiger partial charge in [0.25, 0.3) is 5.91 Å². The number of hydrogen-bond donors (Lipinski definition) is 1. The minimum Gasteiger partial charge on any atom is -0.435 e. The first-order valence-corrected chi connectivity index (χ1v) is 8.38. The number of amides is 1. The SMILES string of the molecule is Cc1ccc([C@H](C)NC(=O)c2cccc(OC(F)F)c2)cc1-n1ccnc1. The standard InChI is InChI=1S/C20H19F2N3O2/c1-13-6-7-15(11-18(13)25-9-8-23-12-25)14(2)24-19(26)16-4-3-5-17(10-16)27-20(21)22/h3-12,14,20H,1-2H3,(H,24,26)/t14-/m0/s1. The van der Waals surface area contributed by atoms with E-state index in [9.17, 15) is 13.6 Å². The van der Waals surface area contributed by atoms with Crippen LogP contribution in [0.3, 0.4) is 0 Å². The maximum Gasteiger partial charge on any atom is 0.387 e. The van der Waals surface area contributed by atoms with Crippen molar-refractivity contribution in [3.63, 3.8) is 0 Å². The predicted octanol–water partition coefficient (Wildman–Crippen LogP) is 4.27. The average Bonchev–Trinajstić information content (AvgIpc) is 3.16. The third-order valence-electron chi connectivity index (χ3n) is 4.18. The van der Waals surface area contributed by atoms with E-state index in [-0.39, 0.29) is 23.3 Å². The Bertz CT molecular complexity index is 927. The maximum atomic E-state index is 12.5. The number of ether oxygens (including phenoxy) is 1. The molecular formula is C20H19F2N3O2. The maximum absolute atomic E-state index is 12.5. The molecule has 1 N–H and O–H groups in total. The molecule has 3 rings (SSSR count). The van der Waals surface area contributed by atoms with Crippen LogP contribution in [0, 0.1) is 6.92 Å². The highest BCUT2D eigenvalue weighted by molar-refractivity contribution is 5.94. The molecule has 5 nitrogen and oxygen atoms in total. The Hall–Kier alpha value is -3.22. The lowest BCUT2D eigenvalue weighted by Gasteiger charge is -2.17. The Morgan fingerprint density at radius 1 is 1.22 bits per heavy atom. The first-order valence-electron chi connectivity index (χ1n) is 8.38. The third kappa shape index (κ3) is 4.49. The first kappa shape index (κ1) is 18.6. The first-order chi connectivity index (χ1) is 12.9. The molecule has 27 heavy (non-hydrogen) atoms. The molecule has 7 heteroatoms. The van der Waals surface area contributed by atoms with Crippen molar-refractivity contribution in [2.45, 2.75) is 26.5 Å². The van der Waals surface area contributed by atoms with Crippen LogP contribution >= 0.6 is 0 Å². The smallest absolute Gasteiger partial charge is 0.387 e. The number of hydrogen-bond acceptors (Lipinski definition) is 3. The van der Waals surface area contributed by atoms with E-state index in [1.165, 1.54) is 18.2 Å². The molecule has 1 aromatic heterocycles. The molecule has 0 aliphatic carbocycles. The molecule has 0 saturated heterocycles. The number of aromatic nitrogens is 2. The zero-order chi connectivity index (χ0) is 19.4. The van der Waals surface area contributed by atoms with Crippen LogP contribution < -0.4 is 10.1 Å². The van der Waals surface area contributed by atoms with Gasteiger partial charge < -0.3 is 14.6 Å². The van der Waals surface area contributed by atoms with E-state index in [1.807, 2.05) is 42.8 Å². The summed E-state index contributed by atoms with van der Waals surface area (Å²) in [5.74, 6) is -0.421. The van der Waals surface area contributed by atoms with Gasteiger partial charge in [0.2, 0.25) is 0 Å². The molecule has 0 saturated carbocycles. The molecule has 0 aliphatic rings. The number of rotatable bonds is 6. The molecule has 0 spiro atoms. The van der Waals surface area contributed by atoms with Crippen molar-refractivity contribution in [1.82, 2.24) is 14.9 Å². The number of nitrogens with zero attached hydrogens (tertiary/aromatic N) is 2. The molecule has 0 radical (unpaired) electrons. The van der Waals surface area contributed by atoms with Crippen molar-refractivity contribution < 1.29 is 18.3 Å². The highest BCUT2D eigenvalue weighted by Crippen LogP contribution is 2.22. The molecule has 0 fully saturated rings. The minimum absolute atomic E-state index is 0.0527. The summed E-state index contributed by atoms with van der Waals surface area (Å²) in [5, 5.41) is 2.88. The Labute approximate surface area is 155 Å². The van der Waals surface area contributed by atoms with Gasteiger partial charge in [-0.15, -0.1) is 0 Å². The van der Waals surface area contributed by atoms with Gasteiger partial charge in [-0.05, 0) is 49.2 Å². The second kappa shape index (κ2) is 7.99. The van der Waals surface area contributed by atoms with Crippen LogP contribution in [0.5, 0.6) is 5.75 Å². The summed E-state index contributed by atoms with van der Waals surface area (Å²) in [6, 6.07) is 11.3. The van der Waals surface area contributed by atoms with E-state index < -0.39 is 6.61 Å². The number of carbonyl (C=O) groups excluding carboxylic acids is 1.